The number of thiophene rings is 1. The van der Waals surface area contributed by atoms with Gasteiger partial charge in [-0.3, -0.25) is 0 Å². The second-order valence-electron chi connectivity index (χ2n) is 2.90. The zero-order chi connectivity index (χ0) is 10.1. The van der Waals surface area contributed by atoms with E-state index in [1.165, 1.54) is 16.9 Å². The summed E-state index contributed by atoms with van der Waals surface area (Å²) in [6.07, 6.45) is 0. The first-order valence-corrected chi connectivity index (χ1v) is 6.04. The van der Waals surface area contributed by atoms with E-state index in [2.05, 4.69) is 22.0 Å². The van der Waals surface area contributed by atoms with Gasteiger partial charge < -0.3 is 9.84 Å². The normalized spacial score (nSPS) is 10.7. The number of halogens is 1. The summed E-state index contributed by atoms with van der Waals surface area (Å²) in [6.45, 7) is 0. The Morgan fingerprint density at radius 2 is 2.29 bits per heavy atom. The van der Waals surface area contributed by atoms with Gasteiger partial charge in [0.15, 0.2) is 5.75 Å². The van der Waals surface area contributed by atoms with Gasteiger partial charge in [-0.15, -0.1) is 0 Å². The molecule has 0 unspecified atom stereocenters. The van der Waals surface area contributed by atoms with Crippen molar-refractivity contribution in [3.8, 4) is 10.8 Å². The third-order valence-corrected chi connectivity index (χ3v) is 3.63. The Bertz CT molecular complexity index is 464. The molecule has 4 heteroatoms. The van der Waals surface area contributed by atoms with Crippen molar-refractivity contribution < 1.29 is 9.84 Å². The Morgan fingerprint density at radius 1 is 1.50 bits per heavy atom. The van der Waals surface area contributed by atoms with Crippen LogP contribution in [0, 0.1) is 0 Å². The highest BCUT2D eigenvalue weighted by Gasteiger charge is 2.11. The van der Waals surface area contributed by atoms with Gasteiger partial charge in [0.25, 0.3) is 0 Å². The summed E-state index contributed by atoms with van der Waals surface area (Å²) in [6, 6.07) is 6.05. The van der Waals surface area contributed by atoms with Gasteiger partial charge in [0.2, 0.25) is 5.06 Å². The van der Waals surface area contributed by atoms with Crippen molar-refractivity contribution in [2.75, 3.05) is 7.11 Å². The van der Waals surface area contributed by atoms with Crippen molar-refractivity contribution in [3.05, 3.63) is 23.8 Å². The van der Waals surface area contributed by atoms with Gasteiger partial charge in [-0.1, -0.05) is 33.3 Å². The monoisotopic (exact) mass is 272 g/mol. The third-order valence-electron chi connectivity index (χ3n) is 2.05. The summed E-state index contributed by atoms with van der Waals surface area (Å²) in [5, 5.41) is 11.6. The Balaban J connectivity index is 2.68. The smallest absolute Gasteiger partial charge is 0.215 e. The molecule has 1 aromatic heterocycles. The molecule has 0 aliphatic heterocycles. The summed E-state index contributed by atoms with van der Waals surface area (Å²) in [7, 11) is 1.57. The van der Waals surface area contributed by atoms with Crippen LogP contribution in [-0.2, 0) is 5.33 Å². The highest BCUT2D eigenvalue weighted by Crippen LogP contribution is 2.43. The van der Waals surface area contributed by atoms with Gasteiger partial charge >= 0.3 is 0 Å². The maximum absolute atomic E-state index is 9.58. The number of rotatable bonds is 2. The van der Waals surface area contributed by atoms with Crippen molar-refractivity contribution in [1.82, 2.24) is 0 Å². The maximum atomic E-state index is 9.58. The molecular formula is C10H9BrO2S. The fourth-order valence-electron chi connectivity index (χ4n) is 1.38. The summed E-state index contributed by atoms with van der Waals surface area (Å²) in [4.78, 5) is 0. The standard InChI is InChI=1S/C10H9BrO2S/c1-13-9-7-3-2-6(5-11)4-8(7)14-10(9)12/h2-4,12H,5H2,1H3. The molecule has 74 valence electrons. The fraction of sp³-hybridized carbons (Fsp3) is 0.200. The average molecular weight is 273 g/mol. The lowest BCUT2D eigenvalue weighted by Gasteiger charge is -1.98. The first-order chi connectivity index (χ1) is 6.76. The molecule has 1 heterocycles. The van der Waals surface area contributed by atoms with E-state index in [1.807, 2.05) is 12.1 Å². The molecule has 0 atom stereocenters. The Kier molecular flexibility index (Phi) is 2.65. The number of hydrogen-bond donors (Lipinski definition) is 1. The minimum atomic E-state index is 0.245. The lowest BCUT2D eigenvalue weighted by Crippen LogP contribution is -1.80. The van der Waals surface area contributed by atoms with Gasteiger partial charge in [-0.05, 0) is 17.7 Å². The molecule has 2 rings (SSSR count). The van der Waals surface area contributed by atoms with Crippen LogP contribution in [0.15, 0.2) is 18.2 Å². The van der Waals surface area contributed by atoms with Crippen molar-refractivity contribution in [3.63, 3.8) is 0 Å². The number of hydrogen-bond acceptors (Lipinski definition) is 3. The van der Waals surface area contributed by atoms with Crippen LogP contribution < -0.4 is 4.74 Å². The predicted octanol–water partition coefficient (Wildman–Crippen LogP) is 3.51. The molecule has 1 N–H and O–H groups in total. The van der Waals surface area contributed by atoms with Crippen LogP contribution in [0.2, 0.25) is 0 Å². The zero-order valence-corrected chi connectivity index (χ0v) is 9.98. The first kappa shape index (κ1) is 9.80. The van der Waals surface area contributed by atoms with E-state index >= 15 is 0 Å². The first-order valence-electron chi connectivity index (χ1n) is 4.10. The molecule has 2 aromatic rings. The van der Waals surface area contributed by atoms with E-state index in [1.54, 1.807) is 7.11 Å². The van der Waals surface area contributed by atoms with E-state index < -0.39 is 0 Å². The molecule has 0 radical (unpaired) electrons. The summed E-state index contributed by atoms with van der Waals surface area (Å²) in [5.74, 6) is 0.575. The molecular weight excluding hydrogens is 264 g/mol. The van der Waals surface area contributed by atoms with Gasteiger partial charge in [0.05, 0.1) is 7.11 Å². The van der Waals surface area contributed by atoms with E-state index in [4.69, 9.17) is 4.74 Å². The van der Waals surface area contributed by atoms with Crippen LogP contribution >= 0.6 is 27.3 Å². The van der Waals surface area contributed by atoms with Crippen LogP contribution in [0.1, 0.15) is 5.56 Å². The minimum Gasteiger partial charge on any atom is -0.497 e. The zero-order valence-electron chi connectivity index (χ0n) is 7.58. The molecule has 0 saturated carbocycles. The average Bonchev–Trinajstić information content (AvgIpc) is 2.51. The number of alkyl halides is 1. The summed E-state index contributed by atoms with van der Waals surface area (Å²) in [5.41, 5.74) is 1.20. The number of methoxy groups -OCH3 is 1. The lowest BCUT2D eigenvalue weighted by atomic mass is 10.2. The van der Waals surface area contributed by atoms with Gasteiger partial charge in [0, 0.05) is 15.4 Å². The van der Waals surface area contributed by atoms with Crippen LogP contribution in [0.4, 0.5) is 0 Å². The maximum Gasteiger partial charge on any atom is 0.215 e. The van der Waals surface area contributed by atoms with Crippen LogP contribution in [0.25, 0.3) is 10.1 Å². The molecule has 0 aliphatic rings. The highest BCUT2D eigenvalue weighted by molar-refractivity contribution is 9.08. The van der Waals surface area contributed by atoms with Crippen LogP contribution in [0.5, 0.6) is 10.8 Å². The van der Waals surface area contributed by atoms with Gasteiger partial charge in [-0.25, -0.2) is 0 Å². The second-order valence-corrected chi connectivity index (χ2v) is 4.50. The fourth-order valence-corrected chi connectivity index (χ4v) is 2.71. The Labute approximate surface area is 94.3 Å². The Hall–Kier alpha value is -0.740. The summed E-state index contributed by atoms with van der Waals surface area (Å²) >= 11 is 4.74. The number of fused-ring (bicyclic) bond motifs is 1. The number of aromatic hydroxyl groups is 1. The molecule has 2 nitrogen and oxygen atoms in total. The molecule has 0 spiro atoms. The SMILES string of the molecule is COc1c(O)sc2cc(CBr)ccc12. The molecule has 1 aromatic carbocycles. The van der Waals surface area contributed by atoms with E-state index in [0.29, 0.717) is 5.75 Å². The van der Waals surface area contributed by atoms with E-state index in [-0.39, 0.29) is 5.06 Å². The topological polar surface area (TPSA) is 29.5 Å². The third kappa shape index (κ3) is 1.48. The van der Waals surface area contributed by atoms with Gasteiger partial charge in [-0.2, -0.15) is 0 Å². The quantitative estimate of drug-likeness (QED) is 0.848. The molecule has 0 bridgehead atoms. The Morgan fingerprint density at radius 3 is 2.93 bits per heavy atom. The van der Waals surface area contributed by atoms with Crippen molar-refractivity contribution >= 4 is 37.4 Å². The number of benzene rings is 1. The minimum absolute atomic E-state index is 0.245. The van der Waals surface area contributed by atoms with Crippen molar-refractivity contribution in [1.29, 1.82) is 0 Å². The molecule has 0 amide bonds. The van der Waals surface area contributed by atoms with Crippen LogP contribution in [0.3, 0.4) is 0 Å². The molecule has 0 aliphatic carbocycles. The molecule has 14 heavy (non-hydrogen) atoms. The summed E-state index contributed by atoms with van der Waals surface area (Å²) < 4.78 is 6.17. The van der Waals surface area contributed by atoms with E-state index in [9.17, 15) is 5.11 Å². The largest absolute Gasteiger partial charge is 0.497 e. The van der Waals surface area contributed by atoms with E-state index in [0.717, 1.165) is 15.4 Å². The molecule has 0 fully saturated rings. The second kappa shape index (κ2) is 3.79. The lowest BCUT2D eigenvalue weighted by molar-refractivity contribution is 0.385. The molecule has 0 saturated heterocycles. The highest BCUT2D eigenvalue weighted by atomic mass is 79.9. The number of ether oxygens (including phenoxy) is 1. The predicted molar refractivity (Wildman–Crippen MR) is 62.7 cm³/mol. The van der Waals surface area contributed by atoms with Crippen molar-refractivity contribution in [2.24, 2.45) is 0 Å². The van der Waals surface area contributed by atoms with Crippen molar-refractivity contribution in [2.45, 2.75) is 5.33 Å². The van der Waals surface area contributed by atoms with Gasteiger partial charge in [0.1, 0.15) is 0 Å². The van der Waals surface area contributed by atoms with Crippen LogP contribution in [-0.4, -0.2) is 12.2 Å².